The third-order valence-electron chi connectivity index (χ3n) is 2.60. The van der Waals surface area contributed by atoms with Crippen LogP contribution in [0.2, 0.25) is 0 Å². The van der Waals surface area contributed by atoms with Crippen LogP contribution in [0.4, 0.5) is 10.5 Å². The second-order valence-corrected chi connectivity index (χ2v) is 4.57. The van der Waals surface area contributed by atoms with Gasteiger partial charge < -0.3 is 9.47 Å². The van der Waals surface area contributed by atoms with Crippen LogP contribution in [0.25, 0.3) is 0 Å². The van der Waals surface area contributed by atoms with E-state index in [-0.39, 0.29) is 6.61 Å². The van der Waals surface area contributed by atoms with E-state index in [1.165, 1.54) is 6.08 Å². The highest BCUT2D eigenvalue weighted by Gasteiger charge is 2.05. The van der Waals surface area contributed by atoms with Gasteiger partial charge in [-0.1, -0.05) is 12.7 Å². The van der Waals surface area contributed by atoms with E-state index in [4.69, 9.17) is 9.47 Å². The molecule has 0 saturated heterocycles. The van der Waals surface area contributed by atoms with Gasteiger partial charge >= 0.3 is 12.1 Å². The maximum Gasteiger partial charge on any atom is 0.411 e. The maximum atomic E-state index is 11.4. The van der Waals surface area contributed by atoms with Crippen LogP contribution in [-0.2, 0) is 4.74 Å². The molecule has 22 heavy (non-hydrogen) atoms. The van der Waals surface area contributed by atoms with Gasteiger partial charge in [0.2, 0.25) is 0 Å². The number of carbonyl (C=O) groups excluding carboxylic acids is 1. The first-order valence-electron chi connectivity index (χ1n) is 6.71. The van der Waals surface area contributed by atoms with Gasteiger partial charge in [-0.3, -0.25) is 5.32 Å². The second kappa shape index (κ2) is 7.21. The average Bonchev–Trinajstić information content (AvgIpc) is 2.46. The number of aryl methyl sites for hydroxylation is 2. The van der Waals surface area contributed by atoms with Crippen molar-refractivity contribution in [2.75, 3.05) is 11.9 Å². The number of rotatable bonds is 5. The Morgan fingerprint density at radius 2 is 1.86 bits per heavy atom. The molecule has 0 radical (unpaired) electrons. The number of carbonyl (C=O) groups is 1. The van der Waals surface area contributed by atoms with Crippen molar-refractivity contribution in [1.82, 2.24) is 9.97 Å². The van der Waals surface area contributed by atoms with Gasteiger partial charge in [-0.25, -0.2) is 14.8 Å². The molecule has 1 amide bonds. The third-order valence-corrected chi connectivity index (χ3v) is 2.60. The number of benzene rings is 1. The van der Waals surface area contributed by atoms with Crippen molar-refractivity contribution in [3.05, 3.63) is 54.4 Å². The quantitative estimate of drug-likeness (QED) is 0.854. The van der Waals surface area contributed by atoms with Crippen molar-refractivity contribution >= 4 is 11.8 Å². The summed E-state index contributed by atoms with van der Waals surface area (Å²) in [6, 6.07) is 8.99. The van der Waals surface area contributed by atoms with Crippen LogP contribution in [0.5, 0.6) is 11.8 Å². The Bertz CT molecular complexity index is 649. The number of nitrogens with zero attached hydrogens (tertiary/aromatic N) is 2. The van der Waals surface area contributed by atoms with Crippen LogP contribution in [0.15, 0.2) is 43.0 Å². The number of nitrogens with one attached hydrogen (secondary N) is 1. The van der Waals surface area contributed by atoms with Gasteiger partial charge in [-0.2, -0.15) is 0 Å². The number of aromatic nitrogens is 2. The summed E-state index contributed by atoms with van der Waals surface area (Å²) in [7, 11) is 0. The lowest BCUT2D eigenvalue weighted by atomic mass is 10.3. The molecule has 0 saturated carbocycles. The van der Waals surface area contributed by atoms with Gasteiger partial charge in [0, 0.05) is 17.1 Å². The minimum Gasteiger partial charge on any atom is -0.445 e. The van der Waals surface area contributed by atoms with Crippen LogP contribution < -0.4 is 10.1 Å². The molecule has 0 fully saturated rings. The highest BCUT2D eigenvalue weighted by atomic mass is 16.5. The molecule has 0 atom stereocenters. The van der Waals surface area contributed by atoms with Crippen molar-refractivity contribution in [1.29, 1.82) is 0 Å². The van der Waals surface area contributed by atoms with Gasteiger partial charge in [0.1, 0.15) is 12.4 Å². The Labute approximate surface area is 128 Å². The fourth-order valence-electron chi connectivity index (χ4n) is 1.74. The van der Waals surface area contributed by atoms with Crippen LogP contribution in [-0.4, -0.2) is 22.7 Å². The highest BCUT2D eigenvalue weighted by Crippen LogP contribution is 2.20. The van der Waals surface area contributed by atoms with Crippen molar-refractivity contribution in [3.8, 4) is 11.8 Å². The first-order chi connectivity index (χ1) is 10.6. The lowest BCUT2D eigenvalue weighted by molar-refractivity contribution is 0.174. The average molecular weight is 299 g/mol. The molecule has 0 unspecified atom stereocenters. The molecular formula is C16H17N3O3. The molecule has 0 aliphatic carbocycles. The molecule has 114 valence electrons. The Hall–Kier alpha value is -2.89. The van der Waals surface area contributed by atoms with Gasteiger partial charge in [-0.05, 0) is 44.2 Å². The number of hydrogen-bond acceptors (Lipinski definition) is 5. The fraction of sp³-hybridized carbons (Fsp3) is 0.188. The minimum absolute atomic E-state index is 0.164. The van der Waals surface area contributed by atoms with Gasteiger partial charge in [-0.15, -0.1) is 0 Å². The number of ether oxygens (including phenoxy) is 2. The number of hydrogen-bond donors (Lipinski definition) is 1. The first kappa shape index (κ1) is 15.5. The lowest BCUT2D eigenvalue weighted by Crippen LogP contribution is -2.13. The SMILES string of the molecule is C=CCOC(=O)Nc1ccc(Oc2nc(C)cc(C)n2)cc1. The molecule has 0 aliphatic rings. The maximum absolute atomic E-state index is 11.4. The van der Waals surface area contributed by atoms with Crippen molar-refractivity contribution in [2.24, 2.45) is 0 Å². The molecule has 6 nitrogen and oxygen atoms in total. The summed E-state index contributed by atoms with van der Waals surface area (Å²) in [5, 5.41) is 2.59. The molecule has 2 rings (SSSR count). The number of amides is 1. The molecule has 1 N–H and O–H groups in total. The molecule has 0 aliphatic heterocycles. The summed E-state index contributed by atoms with van der Waals surface area (Å²) in [5.41, 5.74) is 2.28. The highest BCUT2D eigenvalue weighted by molar-refractivity contribution is 5.84. The smallest absolute Gasteiger partial charge is 0.411 e. The van der Waals surface area contributed by atoms with Crippen LogP contribution in [0.1, 0.15) is 11.4 Å². The van der Waals surface area contributed by atoms with Crippen LogP contribution in [0.3, 0.4) is 0 Å². The van der Waals surface area contributed by atoms with Gasteiger partial charge in [0.25, 0.3) is 0 Å². The van der Waals surface area contributed by atoms with Crippen LogP contribution >= 0.6 is 0 Å². The number of anilines is 1. The van der Waals surface area contributed by atoms with E-state index >= 15 is 0 Å². The Morgan fingerprint density at radius 3 is 2.45 bits per heavy atom. The first-order valence-corrected chi connectivity index (χ1v) is 6.71. The van der Waals surface area contributed by atoms with E-state index in [1.807, 2.05) is 19.9 Å². The van der Waals surface area contributed by atoms with E-state index in [0.29, 0.717) is 17.4 Å². The topological polar surface area (TPSA) is 73.3 Å². The summed E-state index contributed by atoms with van der Waals surface area (Å²) in [6.07, 6.45) is 0.964. The Kier molecular flexibility index (Phi) is 5.08. The summed E-state index contributed by atoms with van der Waals surface area (Å²) < 4.78 is 10.4. The summed E-state index contributed by atoms with van der Waals surface area (Å²) in [6.45, 7) is 7.39. The predicted molar refractivity (Wildman–Crippen MR) is 83.2 cm³/mol. The normalized spacial score (nSPS) is 9.91. The molecule has 0 spiro atoms. The lowest BCUT2D eigenvalue weighted by Gasteiger charge is -2.08. The Balaban J connectivity index is 1.99. The fourth-order valence-corrected chi connectivity index (χ4v) is 1.74. The van der Waals surface area contributed by atoms with Crippen molar-refractivity contribution in [2.45, 2.75) is 13.8 Å². The molecule has 6 heteroatoms. The molecule has 1 aromatic carbocycles. The molecule has 2 aromatic rings. The Morgan fingerprint density at radius 1 is 1.23 bits per heavy atom. The molecular weight excluding hydrogens is 282 g/mol. The van der Waals surface area contributed by atoms with Crippen LogP contribution in [0, 0.1) is 13.8 Å². The second-order valence-electron chi connectivity index (χ2n) is 4.57. The zero-order valence-electron chi connectivity index (χ0n) is 12.5. The predicted octanol–water partition coefficient (Wildman–Crippen LogP) is 3.62. The van der Waals surface area contributed by atoms with Crippen molar-refractivity contribution in [3.63, 3.8) is 0 Å². The van der Waals surface area contributed by atoms with Gasteiger partial charge in [0.05, 0.1) is 0 Å². The largest absolute Gasteiger partial charge is 0.445 e. The molecule has 0 bridgehead atoms. The zero-order chi connectivity index (χ0) is 15.9. The van der Waals surface area contributed by atoms with E-state index in [1.54, 1.807) is 24.3 Å². The third kappa shape index (κ3) is 4.59. The summed E-state index contributed by atoms with van der Waals surface area (Å²) in [4.78, 5) is 19.8. The molecule has 1 heterocycles. The minimum atomic E-state index is -0.536. The zero-order valence-corrected chi connectivity index (χ0v) is 12.5. The standard InChI is InChI=1S/C16H17N3O3/c1-4-9-21-16(20)19-13-5-7-14(8-6-13)22-15-17-11(2)10-12(3)18-15/h4-8,10H,1,9H2,2-3H3,(H,19,20). The summed E-state index contributed by atoms with van der Waals surface area (Å²) in [5.74, 6) is 0.579. The van der Waals surface area contributed by atoms with E-state index in [9.17, 15) is 4.79 Å². The van der Waals surface area contributed by atoms with Gasteiger partial charge in [0.15, 0.2) is 0 Å². The summed E-state index contributed by atoms with van der Waals surface area (Å²) >= 11 is 0. The van der Waals surface area contributed by atoms with E-state index in [2.05, 4.69) is 21.9 Å². The van der Waals surface area contributed by atoms with E-state index < -0.39 is 6.09 Å². The monoisotopic (exact) mass is 299 g/mol. The van der Waals surface area contributed by atoms with E-state index in [0.717, 1.165) is 11.4 Å². The van der Waals surface area contributed by atoms with Crippen molar-refractivity contribution < 1.29 is 14.3 Å². The molecule has 1 aromatic heterocycles.